The molecule has 6 heteroatoms. The first-order valence-corrected chi connectivity index (χ1v) is 8.43. The molecule has 1 aromatic rings. The average molecular weight is 298 g/mol. The predicted molar refractivity (Wildman–Crippen MR) is 78.1 cm³/mol. The van der Waals surface area contributed by atoms with Crippen LogP contribution < -0.4 is 4.72 Å². The lowest BCUT2D eigenvalue weighted by atomic mass is 9.94. The maximum absolute atomic E-state index is 12.0. The van der Waals surface area contributed by atoms with Crippen molar-refractivity contribution in [3.8, 4) is 5.75 Å². The van der Waals surface area contributed by atoms with Gasteiger partial charge in [-0.3, -0.25) is 0 Å². The van der Waals surface area contributed by atoms with E-state index in [0.29, 0.717) is 12.5 Å². The van der Waals surface area contributed by atoms with Crippen LogP contribution >= 0.6 is 0 Å². The zero-order chi connectivity index (χ0) is 14.6. The van der Waals surface area contributed by atoms with E-state index in [1.54, 1.807) is 0 Å². The first-order chi connectivity index (χ1) is 9.47. The lowest BCUT2D eigenvalue weighted by Crippen LogP contribution is -2.32. The number of hydrogen-bond donors (Lipinski definition) is 2. The molecule has 0 saturated carbocycles. The van der Waals surface area contributed by atoms with Crippen molar-refractivity contribution in [2.45, 2.75) is 24.2 Å². The predicted octanol–water partition coefficient (Wildman–Crippen LogP) is 1.40. The highest BCUT2D eigenvalue weighted by Crippen LogP contribution is 2.19. The molecule has 5 nitrogen and oxygen atoms in total. The molecule has 1 saturated heterocycles. The van der Waals surface area contributed by atoms with Crippen molar-refractivity contribution >= 4 is 10.0 Å². The van der Waals surface area contributed by atoms with Crippen LogP contribution in [0.4, 0.5) is 0 Å². The molecule has 0 atom stereocenters. The Morgan fingerprint density at radius 3 is 2.45 bits per heavy atom. The normalized spacial score (nSPS) is 18.2. The minimum Gasteiger partial charge on any atom is -0.508 e. The van der Waals surface area contributed by atoms with E-state index in [9.17, 15) is 13.5 Å². The zero-order valence-electron chi connectivity index (χ0n) is 11.7. The number of piperidine rings is 1. The first kappa shape index (κ1) is 15.3. The molecule has 0 aliphatic carbocycles. The Balaban J connectivity index is 1.82. The Kier molecular flexibility index (Phi) is 5.01. The summed E-state index contributed by atoms with van der Waals surface area (Å²) >= 11 is 0. The molecule has 0 amide bonds. The van der Waals surface area contributed by atoms with Gasteiger partial charge in [0.1, 0.15) is 5.75 Å². The van der Waals surface area contributed by atoms with Crippen molar-refractivity contribution in [1.29, 1.82) is 0 Å². The number of sulfonamides is 1. The van der Waals surface area contributed by atoms with Crippen molar-refractivity contribution in [3.63, 3.8) is 0 Å². The lowest BCUT2D eigenvalue weighted by Gasteiger charge is -2.28. The number of rotatable bonds is 5. The van der Waals surface area contributed by atoms with Crippen LogP contribution in [0.3, 0.4) is 0 Å². The monoisotopic (exact) mass is 298 g/mol. The maximum atomic E-state index is 12.0. The van der Waals surface area contributed by atoms with E-state index >= 15 is 0 Å². The van der Waals surface area contributed by atoms with Crippen molar-refractivity contribution in [1.82, 2.24) is 9.62 Å². The summed E-state index contributed by atoms with van der Waals surface area (Å²) in [6.07, 6.45) is 3.15. The molecule has 0 spiro atoms. The third kappa shape index (κ3) is 4.19. The Labute approximate surface area is 120 Å². The van der Waals surface area contributed by atoms with Gasteiger partial charge in [0.15, 0.2) is 0 Å². The number of nitrogens with zero attached hydrogens (tertiary/aromatic N) is 1. The van der Waals surface area contributed by atoms with E-state index in [0.717, 1.165) is 32.4 Å². The Morgan fingerprint density at radius 2 is 1.85 bits per heavy atom. The van der Waals surface area contributed by atoms with Crippen LogP contribution in [-0.4, -0.2) is 45.1 Å². The molecule has 20 heavy (non-hydrogen) atoms. The Morgan fingerprint density at radius 1 is 1.25 bits per heavy atom. The number of phenols is 1. The fourth-order valence-corrected chi connectivity index (χ4v) is 3.50. The van der Waals surface area contributed by atoms with Crippen LogP contribution in [0.25, 0.3) is 0 Å². The number of aromatic hydroxyl groups is 1. The maximum Gasteiger partial charge on any atom is 0.240 e. The van der Waals surface area contributed by atoms with Gasteiger partial charge in [0.2, 0.25) is 10.0 Å². The van der Waals surface area contributed by atoms with Crippen LogP contribution in [-0.2, 0) is 10.0 Å². The van der Waals surface area contributed by atoms with Gasteiger partial charge in [0, 0.05) is 6.54 Å². The molecule has 2 N–H and O–H groups in total. The molecular formula is C14H22N2O3S. The van der Waals surface area contributed by atoms with Crippen LogP contribution in [0, 0.1) is 5.92 Å². The summed E-state index contributed by atoms with van der Waals surface area (Å²) in [5, 5.41) is 9.17. The van der Waals surface area contributed by atoms with Crippen molar-refractivity contribution in [2.24, 2.45) is 5.92 Å². The van der Waals surface area contributed by atoms with Gasteiger partial charge in [-0.1, -0.05) is 0 Å². The minimum absolute atomic E-state index is 0.0651. The largest absolute Gasteiger partial charge is 0.508 e. The molecule has 0 aromatic heterocycles. The van der Waals surface area contributed by atoms with Gasteiger partial charge >= 0.3 is 0 Å². The summed E-state index contributed by atoms with van der Waals surface area (Å²) in [5.41, 5.74) is 0. The van der Waals surface area contributed by atoms with E-state index in [2.05, 4.69) is 16.7 Å². The molecule has 0 unspecified atom stereocenters. The van der Waals surface area contributed by atoms with E-state index in [1.165, 1.54) is 24.3 Å². The summed E-state index contributed by atoms with van der Waals surface area (Å²) in [5.74, 6) is 0.670. The van der Waals surface area contributed by atoms with Crippen molar-refractivity contribution < 1.29 is 13.5 Å². The van der Waals surface area contributed by atoms with Gasteiger partial charge in [-0.25, -0.2) is 13.1 Å². The van der Waals surface area contributed by atoms with Crippen molar-refractivity contribution in [3.05, 3.63) is 24.3 Å². The number of phenolic OH excluding ortho intramolecular Hbond substituents is 1. The summed E-state index contributed by atoms with van der Waals surface area (Å²) in [7, 11) is -1.35. The second-order valence-electron chi connectivity index (χ2n) is 5.43. The summed E-state index contributed by atoms with van der Waals surface area (Å²) in [4.78, 5) is 2.50. The fourth-order valence-electron chi connectivity index (χ4n) is 2.46. The standard InChI is InChI=1S/C14H22N2O3S/c1-16-10-7-12(8-11-16)6-9-15-20(18,19)14-4-2-13(17)3-5-14/h2-5,12,15,17H,6-11H2,1H3. The average Bonchev–Trinajstić information content (AvgIpc) is 2.41. The smallest absolute Gasteiger partial charge is 0.240 e. The second kappa shape index (κ2) is 6.56. The summed E-state index contributed by atoms with van der Waals surface area (Å²) in [6, 6.07) is 5.58. The molecule has 1 fully saturated rings. The highest BCUT2D eigenvalue weighted by Gasteiger charge is 2.18. The molecule has 1 aromatic carbocycles. The molecule has 1 aliphatic heterocycles. The molecule has 0 bridgehead atoms. The number of likely N-dealkylation sites (tertiary alicyclic amines) is 1. The van der Waals surface area contributed by atoms with Gasteiger partial charge in [-0.2, -0.15) is 0 Å². The molecular weight excluding hydrogens is 276 g/mol. The number of benzene rings is 1. The molecule has 2 rings (SSSR count). The van der Waals surface area contributed by atoms with Gasteiger partial charge in [0.05, 0.1) is 4.90 Å². The topological polar surface area (TPSA) is 69.6 Å². The molecule has 0 radical (unpaired) electrons. The van der Waals surface area contributed by atoms with Crippen LogP contribution in [0.15, 0.2) is 29.2 Å². The quantitative estimate of drug-likeness (QED) is 0.862. The number of nitrogens with one attached hydrogen (secondary N) is 1. The van der Waals surface area contributed by atoms with Crippen LogP contribution in [0.1, 0.15) is 19.3 Å². The SMILES string of the molecule is CN1CCC(CCNS(=O)(=O)c2ccc(O)cc2)CC1. The minimum atomic E-state index is -3.46. The Hall–Kier alpha value is -1.11. The highest BCUT2D eigenvalue weighted by molar-refractivity contribution is 7.89. The summed E-state index contributed by atoms with van der Waals surface area (Å²) < 4.78 is 26.7. The first-order valence-electron chi connectivity index (χ1n) is 6.94. The van der Waals surface area contributed by atoms with E-state index < -0.39 is 10.0 Å². The van der Waals surface area contributed by atoms with Gasteiger partial charge in [-0.05, 0) is 69.6 Å². The highest BCUT2D eigenvalue weighted by atomic mass is 32.2. The van der Waals surface area contributed by atoms with Gasteiger partial charge in [-0.15, -0.1) is 0 Å². The van der Waals surface area contributed by atoms with Gasteiger partial charge in [0.25, 0.3) is 0 Å². The van der Waals surface area contributed by atoms with Crippen LogP contribution in [0.5, 0.6) is 5.75 Å². The molecule has 1 aliphatic rings. The molecule has 112 valence electrons. The van der Waals surface area contributed by atoms with E-state index in [-0.39, 0.29) is 10.6 Å². The van der Waals surface area contributed by atoms with Crippen LogP contribution in [0.2, 0.25) is 0 Å². The van der Waals surface area contributed by atoms with E-state index in [4.69, 9.17) is 0 Å². The third-order valence-corrected chi connectivity index (χ3v) is 5.31. The third-order valence-electron chi connectivity index (χ3n) is 3.83. The lowest BCUT2D eigenvalue weighted by molar-refractivity contribution is 0.213. The number of hydrogen-bond acceptors (Lipinski definition) is 4. The van der Waals surface area contributed by atoms with Gasteiger partial charge < -0.3 is 10.0 Å². The fraction of sp³-hybridized carbons (Fsp3) is 0.571. The Bertz CT molecular complexity index is 520. The van der Waals surface area contributed by atoms with E-state index in [1.807, 2.05) is 0 Å². The van der Waals surface area contributed by atoms with Crippen molar-refractivity contribution in [2.75, 3.05) is 26.7 Å². The molecule has 1 heterocycles. The summed E-state index contributed by atoms with van der Waals surface area (Å²) in [6.45, 7) is 2.66. The zero-order valence-corrected chi connectivity index (χ0v) is 12.6. The second-order valence-corrected chi connectivity index (χ2v) is 7.19.